The molecule has 1 aromatic rings. The van der Waals surface area contributed by atoms with Crippen molar-refractivity contribution < 1.29 is 29.9 Å². The molecule has 0 spiro atoms. The summed E-state index contributed by atoms with van der Waals surface area (Å²) in [7, 11) is 0. The van der Waals surface area contributed by atoms with E-state index in [0.717, 1.165) is 0 Å². The third-order valence-electron chi connectivity index (χ3n) is 3.17. The average molecular weight is 305 g/mol. The van der Waals surface area contributed by atoms with Gasteiger partial charge < -0.3 is 29.9 Å². The molecule has 7 heteroatoms. The van der Waals surface area contributed by atoms with Crippen LogP contribution >= 0.6 is 11.6 Å². The second-order valence-electron chi connectivity index (χ2n) is 4.60. The van der Waals surface area contributed by atoms with Crippen LogP contribution in [-0.4, -0.2) is 58.1 Å². The van der Waals surface area contributed by atoms with E-state index in [1.165, 1.54) is 0 Å². The van der Waals surface area contributed by atoms with Gasteiger partial charge >= 0.3 is 0 Å². The molecule has 112 valence electrons. The minimum absolute atomic E-state index is 0.0469. The Hall–Kier alpha value is -0.730. The van der Waals surface area contributed by atoms with Gasteiger partial charge in [-0.05, 0) is 0 Å². The van der Waals surface area contributed by atoms with Crippen LogP contribution in [0.1, 0.15) is 5.56 Å². The quantitative estimate of drug-likeness (QED) is 0.549. The summed E-state index contributed by atoms with van der Waals surface area (Å²) in [5.41, 5.74) is 0.563. The number of rotatable bonds is 5. The van der Waals surface area contributed by atoms with Crippen LogP contribution in [0.2, 0.25) is 0 Å². The van der Waals surface area contributed by atoms with Crippen LogP contribution in [0.5, 0.6) is 0 Å². The molecule has 0 aromatic heterocycles. The van der Waals surface area contributed by atoms with Crippen molar-refractivity contribution in [2.45, 2.75) is 29.7 Å². The van der Waals surface area contributed by atoms with E-state index in [1.807, 2.05) is 6.07 Å². The summed E-state index contributed by atoms with van der Waals surface area (Å²) >= 11 is 6.20. The Kier molecular flexibility index (Phi) is 4.98. The van der Waals surface area contributed by atoms with E-state index >= 15 is 0 Å². The van der Waals surface area contributed by atoms with Gasteiger partial charge in [-0.3, -0.25) is 0 Å². The first-order valence-corrected chi connectivity index (χ1v) is 6.57. The summed E-state index contributed by atoms with van der Waals surface area (Å²) < 4.78 is 10.8. The molecule has 1 saturated heterocycles. The Morgan fingerprint density at radius 2 is 1.90 bits per heavy atom. The van der Waals surface area contributed by atoms with Gasteiger partial charge in [0.2, 0.25) is 0 Å². The number of aliphatic hydroxyl groups is 4. The predicted molar refractivity (Wildman–Crippen MR) is 69.9 cm³/mol. The van der Waals surface area contributed by atoms with Crippen molar-refractivity contribution in [1.82, 2.24) is 0 Å². The van der Waals surface area contributed by atoms with Gasteiger partial charge in [-0.1, -0.05) is 41.9 Å². The Bertz CT molecular complexity index is 430. The van der Waals surface area contributed by atoms with E-state index in [-0.39, 0.29) is 6.61 Å². The number of alkyl halides is 1. The van der Waals surface area contributed by atoms with Crippen LogP contribution in [0.15, 0.2) is 30.3 Å². The molecule has 0 bridgehead atoms. The van der Waals surface area contributed by atoms with Gasteiger partial charge in [0.15, 0.2) is 0 Å². The van der Waals surface area contributed by atoms with Crippen LogP contribution < -0.4 is 0 Å². The summed E-state index contributed by atoms with van der Waals surface area (Å²) in [5.74, 6) is 0. The number of hydrogen-bond donors (Lipinski definition) is 4. The van der Waals surface area contributed by atoms with Crippen molar-refractivity contribution >= 4 is 11.6 Å². The van der Waals surface area contributed by atoms with Crippen LogP contribution in [0.4, 0.5) is 0 Å². The van der Waals surface area contributed by atoms with Crippen molar-refractivity contribution in [2.75, 3.05) is 13.2 Å². The molecule has 1 heterocycles. The van der Waals surface area contributed by atoms with E-state index < -0.39 is 36.3 Å². The van der Waals surface area contributed by atoms with Gasteiger partial charge in [-0.2, -0.15) is 0 Å². The normalized spacial score (nSPS) is 30.9. The van der Waals surface area contributed by atoms with Crippen molar-refractivity contribution in [2.24, 2.45) is 0 Å². The molecule has 1 aromatic carbocycles. The first-order chi connectivity index (χ1) is 9.48. The first-order valence-electron chi connectivity index (χ1n) is 6.19. The molecule has 1 aliphatic rings. The topological polar surface area (TPSA) is 99.4 Å². The van der Waals surface area contributed by atoms with Crippen molar-refractivity contribution in [3.05, 3.63) is 35.9 Å². The zero-order chi connectivity index (χ0) is 14.8. The molecule has 2 rings (SSSR count). The molecule has 0 amide bonds. The highest BCUT2D eigenvalue weighted by molar-refractivity contribution is 6.22. The molecule has 0 saturated carbocycles. The summed E-state index contributed by atoms with van der Waals surface area (Å²) in [6.45, 7) is -0.717. The maximum atomic E-state index is 9.91. The van der Waals surface area contributed by atoms with E-state index in [1.54, 1.807) is 24.3 Å². The van der Waals surface area contributed by atoms with Gasteiger partial charge in [0, 0.05) is 5.56 Å². The lowest BCUT2D eigenvalue weighted by atomic mass is 10.0. The summed E-state index contributed by atoms with van der Waals surface area (Å²) in [4.78, 5) is 0. The third-order valence-corrected chi connectivity index (χ3v) is 3.58. The minimum Gasteiger partial charge on any atom is -0.394 e. The van der Waals surface area contributed by atoms with Crippen molar-refractivity contribution in [1.29, 1.82) is 0 Å². The molecule has 1 unspecified atom stereocenters. The standard InChI is InChI=1S/C13H17ClO6/c14-13(8-4-2-1-3-5-8)19-7-10(20-13)12(18)11(17)9(16)6-15/h1-5,9-12,15-18H,6-7H2/t9-,10+,11-,12-,13?/m0/s1. The molecule has 0 aliphatic carbocycles. The summed E-state index contributed by atoms with van der Waals surface area (Å²) in [6.07, 6.45) is -5.36. The largest absolute Gasteiger partial charge is 0.394 e. The van der Waals surface area contributed by atoms with E-state index in [2.05, 4.69) is 0 Å². The van der Waals surface area contributed by atoms with Gasteiger partial charge in [0.1, 0.15) is 24.4 Å². The number of aliphatic hydroxyl groups excluding tert-OH is 4. The number of benzene rings is 1. The van der Waals surface area contributed by atoms with E-state index in [4.69, 9.17) is 26.2 Å². The molecule has 1 fully saturated rings. The number of halogens is 1. The molecular formula is C13H17ClO6. The van der Waals surface area contributed by atoms with Crippen LogP contribution in [0.25, 0.3) is 0 Å². The first kappa shape index (κ1) is 15.7. The highest BCUT2D eigenvalue weighted by Gasteiger charge is 2.46. The lowest BCUT2D eigenvalue weighted by Crippen LogP contribution is -2.47. The zero-order valence-electron chi connectivity index (χ0n) is 10.6. The Morgan fingerprint density at radius 3 is 2.50 bits per heavy atom. The summed E-state index contributed by atoms with van der Waals surface area (Å²) in [5, 5.41) is 36.1. The van der Waals surface area contributed by atoms with Crippen LogP contribution in [0.3, 0.4) is 0 Å². The second-order valence-corrected chi connectivity index (χ2v) is 5.10. The van der Waals surface area contributed by atoms with E-state index in [9.17, 15) is 15.3 Å². The molecular weight excluding hydrogens is 288 g/mol. The Morgan fingerprint density at radius 1 is 1.25 bits per heavy atom. The Labute approximate surface area is 121 Å². The molecule has 5 atom stereocenters. The third kappa shape index (κ3) is 3.12. The predicted octanol–water partition coefficient (Wildman–Crippen LogP) is -0.474. The van der Waals surface area contributed by atoms with Crippen molar-refractivity contribution in [3.63, 3.8) is 0 Å². The fourth-order valence-electron chi connectivity index (χ4n) is 1.96. The van der Waals surface area contributed by atoms with Crippen molar-refractivity contribution in [3.8, 4) is 0 Å². The maximum Gasteiger partial charge on any atom is 0.276 e. The van der Waals surface area contributed by atoms with Gasteiger partial charge in [0.25, 0.3) is 5.25 Å². The maximum absolute atomic E-state index is 9.91. The monoisotopic (exact) mass is 304 g/mol. The number of hydrogen-bond acceptors (Lipinski definition) is 6. The lowest BCUT2D eigenvalue weighted by molar-refractivity contribution is -0.151. The summed E-state index contributed by atoms with van der Waals surface area (Å²) in [6, 6.07) is 8.76. The highest BCUT2D eigenvalue weighted by atomic mass is 35.5. The fraction of sp³-hybridized carbons (Fsp3) is 0.538. The van der Waals surface area contributed by atoms with Crippen LogP contribution in [-0.2, 0) is 14.7 Å². The minimum atomic E-state index is -1.55. The average Bonchev–Trinajstić information content (AvgIpc) is 2.89. The molecule has 20 heavy (non-hydrogen) atoms. The molecule has 6 nitrogen and oxygen atoms in total. The highest BCUT2D eigenvalue weighted by Crippen LogP contribution is 2.39. The Balaban J connectivity index is 2.05. The molecule has 4 N–H and O–H groups in total. The lowest BCUT2D eigenvalue weighted by Gasteiger charge is -2.26. The molecule has 1 aliphatic heterocycles. The van der Waals surface area contributed by atoms with Gasteiger partial charge in [0.05, 0.1) is 13.2 Å². The smallest absolute Gasteiger partial charge is 0.276 e. The SMILES string of the molecule is OC[C@H](O)[C@H](O)[C@@H](O)[C@H]1COC(Cl)(c2ccccc2)O1. The molecule has 0 radical (unpaired) electrons. The van der Waals surface area contributed by atoms with Gasteiger partial charge in [-0.15, -0.1) is 0 Å². The van der Waals surface area contributed by atoms with E-state index in [0.29, 0.717) is 5.56 Å². The number of ether oxygens (including phenoxy) is 2. The fourth-order valence-corrected chi connectivity index (χ4v) is 2.27. The van der Waals surface area contributed by atoms with Gasteiger partial charge in [-0.25, -0.2) is 0 Å². The van der Waals surface area contributed by atoms with Crippen LogP contribution in [0, 0.1) is 0 Å². The second kappa shape index (κ2) is 6.36. The zero-order valence-corrected chi connectivity index (χ0v) is 11.3.